The van der Waals surface area contributed by atoms with Crippen LogP contribution in [0.4, 0.5) is 0 Å². The smallest absolute Gasteiger partial charge is 0.236 e. The number of hydrogen-bond donors (Lipinski definition) is 0. The second-order valence-corrected chi connectivity index (χ2v) is 3.23. The Balaban J connectivity index is 4.24. The van der Waals surface area contributed by atoms with Gasteiger partial charge in [-0.2, -0.15) is 10.5 Å². The minimum absolute atomic E-state index is 0.0769. The van der Waals surface area contributed by atoms with Gasteiger partial charge in [-0.1, -0.05) is 0 Å². The highest BCUT2D eigenvalue weighted by Gasteiger charge is 2.23. The van der Waals surface area contributed by atoms with Crippen LogP contribution in [-0.2, 0) is 4.79 Å². The molecule has 12 heavy (non-hydrogen) atoms. The van der Waals surface area contributed by atoms with Gasteiger partial charge in [0.2, 0.25) is 5.91 Å². The zero-order valence-corrected chi connectivity index (χ0v) is 7.46. The van der Waals surface area contributed by atoms with Crippen molar-refractivity contribution >= 4 is 5.91 Å². The lowest BCUT2D eigenvalue weighted by atomic mass is 9.91. The molecule has 4 heteroatoms. The molecular weight excluding hydrogens is 154 g/mol. The monoisotopic (exact) mass is 165 g/mol. The maximum Gasteiger partial charge on any atom is 0.236 e. The average Bonchev–Trinajstić information content (AvgIpc) is 2.02. The third kappa shape index (κ3) is 3.03. The summed E-state index contributed by atoms with van der Waals surface area (Å²) >= 11 is 0. The van der Waals surface area contributed by atoms with E-state index < -0.39 is 5.41 Å². The van der Waals surface area contributed by atoms with Crippen LogP contribution in [0.15, 0.2) is 0 Å². The van der Waals surface area contributed by atoms with E-state index in [9.17, 15) is 4.79 Å². The van der Waals surface area contributed by atoms with Gasteiger partial charge in [-0.3, -0.25) is 9.69 Å². The Morgan fingerprint density at radius 3 is 2.33 bits per heavy atom. The van der Waals surface area contributed by atoms with Gasteiger partial charge in [0.1, 0.15) is 0 Å². The topological polar surface area (TPSA) is 67.9 Å². The Morgan fingerprint density at radius 2 is 2.00 bits per heavy atom. The number of amides is 1. The van der Waals surface area contributed by atoms with Crippen molar-refractivity contribution in [2.75, 3.05) is 7.05 Å². The fraction of sp³-hybridized carbons (Fsp3) is 0.625. The molecule has 0 aliphatic heterocycles. The molecule has 0 saturated carbocycles. The molecule has 0 aliphatic rings. The molecule has 4 nitrogen and oxygen atoms in total. The predicted molar refractivity (Wildman–Crippen MR) is 42.4 cm³/mol. The fourth-order valence-corrected chi connectivity index (χ4v) is 0.592. The van der Waals surface area contributed by atoms with Crippen molar-refractivity contribution in [2.24, 2.45) is 5.41 Å². The Bertz CT molecular complexity index is 256. The van der Waals surface area contributed by atoms with Crippen LogP contribution in [0, 0.1) is 28.2 Å². The van der Waals surface area contributed by atoms with Gasteiger partial charge in [-0.25, -0.2) is 0 Å². The zero-order chi connectivity index (χ0) is 9.78. The summed E-state index contributed by atoms with van der Waals surface area (Å²) in [5.41, 5.74) is -0.692. The number of carbonyl (C=O) groups is 1. The van der Waals surface area contributed by atoms with Crippen LogP contribution in [0.5, 0.6) is 0 Å². The molecule has 0 saturated heterocycles. The maximum absolute atomic E-state index is 11.1. The summed E-state index contributed by atoms with van der Waals surface area (Å²) in [6, 6.07) is 1.99. The molecule has 0 rings (SSSR count). The van der Waals surface area contributed by atoms with Crippen molar-refractivity contribution in [1.29, 1.82) is 10.5 Å². The molecule has 0 N–H and O–H groups in total. The van der Waals surface area contributed by atoms with Gasteiger partial charge in [-0.15, -0.1) is 0 Å². The zero-order valence-electron chi connectivity index (χ0n) is 7.46. The molecule has 0 spiro atoms. The third-order valence-corrected chi connectivity index (χ3v) is 1.42. The van der Waals surface area contributed by atoms with Gasteiger partial charge >= 0.3 is 0 Å². The van der Waals surface area contributed by atoms with Crippen molar-refractivity contribution in [3.05, 3.63) is 0 Å². The summed E-state index contributed by atoms with van der Waals surface area (Å²) in [6.07, 6.45) is 1.76. The first-order chi connectivity index (χ1) is 5.43. The highest BCUT2D eigenvalue weighted by atomic mass is 16.2. The number of rotatable bonds is 2. The SMILES string of the molecule is CN(C#N)C(=O)CC(C)(C)C#N. The first-order valence-electron chi connectivity index (χ1n) is 3.50. The van der Waals surface area contributed by atoms with E-state index in [-0.39, 0.29) is 12.3 Å². The summed E-state index contributed by atoms with van der Waals surface area (Å²) in [6.45, 7) is 3.33. The Kier molecular flexibility index (Phi) is 3.25. The Morgan fingerprint density at radius 1 is 1.50 bits per heavy atom. The van der Waals surface area contributed by atoms with Gasteiger partial charge in [0, 0.05) is 13.5 Å². The highest BCUT2D eigenvalue weighted by molar-refractivity contribution is 5.78. The quantitative estimate of drug-likeness (QED) is 0.450. The normalized spacial score (nSPS) is 9.75. The van der Waals surface area contributed by atoms with Crippen LogP contribution in [-0.4, -0.2) is 17.9 Å². The Labute approximate surface area is 72.0 Å². The van der Waals surface area contributed by atoms with Crippen molar-refractivity contribution in [3.63, 3.8) is 0 Å². The fourth-order valence-electron chi connectivity index (χ4n) is 0.592. The van der Waals surface area contributed by atoms with E-state index >= 15 is 0 Å². The molecule has 0 bridgehead atoms. The van der Waals surface area contributed by atoms with Crippen LogP contribution in [0.2, 0.25) is 0 Å². The highest BCUT2D eigenvalue weighted by Crippen LogP contribution is 2.19. The second-order valence-electron chi connectivity index (χ2n) is 3.23. The molecular formula is C8H11N3O. The van der Waals surface area contributed by atoms with E-state index in [0.29, 0.717) is 0 Å². The molecule has 0 aliphatic carbocycles. The summed E-state index contributed by atoms with van der Waals surface area (Å²) < 4.78 is 0. The summed E-state index contributed by atoms with van der Waals surface area (Å²) in [7, 11) is 1.38. The number of nitriles is 2. The molecule has 0 unspecified atom stereocenters. The van der Waals surface area contributed by atoms with Crippen LogP contribution < -0.4 is 0 Å². The van der Waals surface area contributed by atoms with E-state index in [1.807, 2.05) is 6.07 Å². The lowest BCUT2D eigenvalue weighted by molar-refractivity contribution is -0.128. The number of hydrogen-bond acceptors (Lipinski definition) is 3. The minimum Gasteiger partial charge on any atom is -0.274 e. The van der Waals surface area contributed by atoms with E-state index in [4.69, 9.17) is 10.5 Å². The van der Waals surface area contributed by atoms with E-state index in [0.717, 1.165) is 4.90 Å². The molecule has 0 aromatic carbocycles. The van der Waals surface area contributed by atoms with Crippen LogP contribution in [0.3, 0.4) is 0 Å². The molecule has 1 amide bonds. The van der Waals surface area contributed by atoms with Crippen LogP contribution in [0.25, 0.3) is 0 Å². The maximum atomic E-state index is 11.1. The average molecular weight is 165 g/mol. The molecule has 0 heterocycles. The lowest BCUT2D eigenvalue weighted by Crippen LogP contribution is -2.26. The second kappa shape index (κ2) is 3.73. The van der Waals surface area contributed by atoms with Gasteiger partial charge in [-0.05, 0) is 13.8 Å². The van der Waals surface area contributed by atoms with Gasteiger partial charge in [0.25, 0.3) is 0 Å². The first kappa shape index (κ1) is 10.4. The van der Waals surface area contributed by atoms with E-state index in [1.54, 1.807) is 20.0 Å². The number of carbonyl (C=O) groups excluding carboxylic acids is 1. The lowest BCUT2D eigenvalue weighted by Gasteiger charge is -2.15. The van der Waals surface area contributed by atoms with Crippen LogP contribution >= 0.6 is 0 Å². The van der Waals surface area contributed by atoms with Gasteiger partial charge < -0.3 is 0 Å². The van der Waals surface area contributed by atoms with Crippen LogP contribution in [0.1, 0.15) is 20.3 Å². The van der Waals surface area contributed by atoms with Crippen molar-refractivity contribution in [3.8, 4) is 12.3 Å². The standard InChI is InChI=1S/C8H11N3O/c1-8(2,5-9)4-7(12)11(3)6-10/h4H2,1-3H3. The van der Waals surface area contributed by atoms with Crippen molar-refractivity contribution in [2.45, 2.75) is 20.3 Å². The predicted octanol–water partition coefficient (Wildman–Crippen LogP) is 0.866. The minimum atomic E-state index is -0.692. The largest absolute Gasteiger partial charge is 0.274 e. The molecule has 0 radical (unpaired) electrons. The van der Waals surface area contributed by atoms with E-state index in [2.05, 4.69) is 0 Å². The summed E-state index contributed by atoms with van der Waals surface area (Å²) in [5, 5.41) is 16.9. The van der Waals surface area contributed by atoms with E-state index in [1.165, 1.54) is 7.05 Å². The Hall–Kier alpha value is -1.55. The summed E-state index contributed by atoms with van der Waals surface area (Å²) in [5.74, 6) is -0.330. The number of nitrogens with zero attached hydrogens (tertiary/aromatic N) is 3. The third-order valence-electron chi connectivity index (χ3n) is 1.42. The molecule has 0 aromatic rings. The molecule has 64 valence electrons. The molecule has 0 aromatic heterocycles. The van der Waals surface area contributed by atoms with Gasteiger partial charge in [0.15, 0.2) is 6.19 Å². The van der Waals surface area contributed by atoms with Gasteiger partial charge in [0.05, 0.1) is 11.5 Å². The molecule has 0 fully saturated rings. The first-order valence-corrected chi connectivity index (χ1v) is 3.50. The molecule has 0 atom stereocenters. The summed E-state index contributed by atoms with van der Waals surface area (Å²) in [4.78, 5) is 12.0. The van der Waals surface area contributed by atoms with Crippen molar-refractivity contribution < 1.29 is 4.79 Å². The van der Waals surface area contributed by atoms with Crippen molar-refractivity contribution in [1.82, 2.24) is 4.90 Å².